The van der Waals surface area contributed by atoms with E-state index in [1.165, 1.54) is 6.42 Å². The van der Waals surface area contributed by atoms with Gasteiger partial charge >= 0.3 is 0 Å². The fourth-order valence-electron chi connectivity index (χ4n) is 2.15. The SMILES string of the molecule is CC1(CNC2COC(C)(C)OC2)CCCO1. The van der Waals surface area contributed by atoms with Gasteiger partial charge in [0, 0.05) is 13.2 Å². The molecule has 0 aromatic carbocycles. The monoisotopic (exact) mass is 229 g/mol. The number of ether oxygens (including phenoxy) is 3. The highest BCUT2D eigenvalue weighted by Gasteiger charge is 2.32. The van der Waals surface area contributed by atoms with Gasteiger partial charge in [0.2, 0.25) is 0 Å². The summed E-state index contributed by atoms with van der Waals surface area (Å²) in [6, 6.07) is 0.286. The Hall–Kier alpha value is -0.160. The molecule has 2 aliphatic rings. The molecule has 0 spiro atoms. The molecule has 2 aliphatic heterocycles. The smallest absolute Gasteiger partial charge is 0.162 e. The van der Waals surface area contributed by atoms with E-state index in [1.54, 1.807) is 0 Å². The van der Waals surface area contributed by atoms with Crippen LogP contribution in [0.15, 0.2) is 0 Å². The molecule has 94 valence electrons. The number of hydrogen-bond donors (Lipinski definition) is 1. The van der Waals surface area contributed by atoms with Crippen LogP contribution in [0.2, 0.25) is 0 Å². The number of rotatable bonds is 3. The van der Waals surface area contributed by atoms with Crippen molar-refractivity contribution in [3.63, 3.8) is 0 Å². The first-order valence-electron chi connectivity index (χ1n) is 6.14. The van der Waals surface area contributed by atoms with Crippen LogP contribution >= 0.6 is 0 Å². The summed E-state index contributed by atoms with van der Waals surface area (Å²) in [6.45, 7) is 9.26. The minimum Gasteiger partial charge on any atom is -0.374 e. The molecule has 16 heavy (non-hydrogen) atoms. The van der Waals surface area contributed by atoms with E-state index < -0.39 is 5.79 Å². The van der Waals surface area contributed by atoms with Crippen LogP contribution in [0, 0.1) is 0 Å². The quantitative estimate of drug-likeness (QED) is 0.792. The third-order valence-electron chi connectivity index (χ3n) is 3.33. The lowest BCUT2D eigenvalue weighted by atomic mass is 10.0. The lowest BCUT2D eigenvalue weighted by molar-refractivity contribution is -0.253. The molecule has 1 unspecified atom stereocenters. The normalized spacial score (nSPS) is 35.4. The second-order valence-corrected chi connectivity index (χ2v) is 5.50. The minimum absolute atomic E-state index is 0.00691. The van der Waals surface area contributed by atoms with E-state index in [9.17, 15) is 0 Å². The molecule has 0 aromatic heterocycles. The molecule has 2 heterocycles. The summed E-state index contributed by atoms with van der Waals surface area (Å²) in [5, 5.41) is 3.47. The molecule has 0 radical (unpaired) electrons. The van der Waals surface area contributed by atoms with Crippen LogP contribution < -0.4 is 5.32 Å². The third kappa shape index (κ3) is 3.17. The lowest BCUT2D eigenvalue weighted by Crippen LogP contribution is -2.51. The summed E-state index contributed by atoms with van der Waals surface area (Å²) >= 11 is 0. The van der Waals surface area contributed by atoms with Crippen molar-refractivity contribution in [3.8, 4) is 0 Å². The largest absolute Gasteiger partial charge is 0.374 e. The third-order valence-corrected chi connectivity index (χ3v) is 3.33. The van der Waals surface area contributed by atoms with Gasteiger partial charge < -0.3 is 19.5 Å². The van der Waals surface area contributed by atoms with Crippen molar-refractivity contribution < 1.29 is 14.2 Å². The first-order chi connectivity index (χ1) is 7.49. The summed E-state index contributed by atoms with van der Waals surface area (Å²) in [5.41, 5.74) is 0.00691. The van der Waals surface area contributed by atoms with E-state index in [4.69, 9.17) is 14.2 Å². The molecule has 4 nitrogen and oxygen atoms in total. The zero-order valence-electron chi connectivity index (χ0n) is 10.5. The topological polar surface area (TPSA) is 39.7 Å². The van der Waals surface area contributed by atoms with Crippen molar-refractivity contribution in [2.24, 2.45) is 0 Å². The van der Waals surface area contributed by atoms with E-state index in [0.717, 1.165) is 19.6 Å². The summed E-state index contributed by atoms with van der Waals surface area (Å²) in [5.74, 6) is -0.425. The first kappa shape index (κ1) is 12.3. The zero-order valence-corrected chi connectivity index (χ0v) is 10.5. The molecule has 2 fully saturated rings. The van der Waals surface area contributed by atoms with Gasteiger partial charge in [0.25, 0.3) is 0 Å². The molecule has 1 N–H and O–H groups in total. The predicted octanol–water partition coefficient (Wildman–Crippen LogP) is 1.30. The summed E-state index contributed by atoms with van der Waals surface area (Å²) < 4.78 is 16.9. The van der Waals surface area contributed by atoms with Crippen molar-refractivity contribution in [2.45, 2.75) is 51.0 Å². The molecule has 2 rings (SSSR count). The van der Waals surface area contributed by atoms with Crippen molar-refractivity contribution in [2.75, 3.05) is 26.4 Å². The molecule has 4 heteroatoms. The van der Waals surface area contributed by atoms with Gasteiger partial charge in [-0.3, -0.25) is 0 Å². The molecular formula is C12H23NO3. The number of hydrogen-bond acceptors (Lipinski definition) is 4. The van der Waals surface area contributed by atoms with Crippen LogP contribution in [0.5, 0.6) is 0 Å². The van der Waals surface area contributed by atoms with E-state index in [-0.39, 0.29) is 11.6 Å². The van der Waals surface area contributed by atoms with Crippen LogP contribution in [-0.4, -0.2) is 43.8 Å². The van der Waals surface area contributed by atoms with Crippen molar-refractivity contribution in [1.29, 1.82) is 0 Å². The second-order valence-electron chi connectivity index (χ2n) is 5.50. The Bertz CT molecular complexity index is 226. The maximum Gasteiger partial charge on any atom is 0.162 e. The molecule has 1 atom stereocenters. The Morgan fingerprint density at radius 3 is 2.38 bits per heavy atom. The molecule has 0 amide bonds. The van der Waals surface area contributed by atoms with Gasteiger partial charge in [-0.05, 0) is 33.6 Å². The van der Waals surface area contributed by atoms with Gasteiger partial charge in [0.15, 0.2) is 5.79 Å². The highest BCUT2D eigenvalue weighted by molar-refractivity contribution is 4.85. The van der Waals surface area contributed by atoms with E-state index >= 15 is 0 Å². The maximum absolute atomic E-state index is 5.73. The molecular weight excluding hydrogens is 206 g/mol. The Morgan fingerprint density at radius 1 is 1.12 bits per heavy atom. The maximum atomic E-state index is 5.73. The van der Waals surface area contributed by atoms with Crippen molar-refractivity contribution >= 4 is 0 Å². The van der Waals surface area contributed by atoms with Crippen LogP contribution in [-0.2, 0) is 14.2 Å². The molecule has 0 aromatic rings. The number of nitrogens with one attached hydrogen (secondary N) is 1. The highest BCUT2D eigenvalue weighted by atomic mass is 16.7. The van der Waals surface area contributed by atoms with Gasteiger partial charge in [-0.2, -0.15) is 0 Å². The van der Waals surface area contributed by atoms with E-state index in [2.05, 4.69) is 12.2 Å². The second kappa shape index (κ2) is 4.61. The molecule has 0 saturated carbocycles. The predicted molar refractivity (Wildman–Crippen MR) is 61.4 cm³/mol. The van der Waals surface area contributed by atoms with Crippen molar-refractivity contribution in [3.05, 3.63) is 0 Å². The highest BCUT2D eigenvalue weighted by Crippen LogP contribution is 2.24. The Balaban J connectivity index is 1.71. The van der Waals surface area contributed by atoms with Gasteiger partial charge in [0.1, 0.15) is 0 Å². The van der Waals surface area contributed by atoms with E-state index in [0.29, 0.717) is 13.2 Å². The fraction of sp³-hybridized carbons (Fsp3) is 1.00. The Labute approximate surface area is 97.6 Å². The average molecular weight is 229 g/mol. The van der Waals surface area contributed by atoms with Gasteiger partial charge in [-0.15, -0.1) is 0 Å². The summed E-state index contributed by atoms with van der Waals surface area (Å²) in [7, 11) is 0. The van der Waals surface area contributed by atoms with Crippen molar-refractivity contribution in [1.82, 2.24) is 5.32 Å². The fourth-order valence-corrected chi connectivity index (χ4v) is 2.15. The molecule has 0 bridgehead atoms. The van der Waals surface area contributed by atoms with E-state index in [1.807, 2.05) is 13.8 Å². The minimum atomic E-state index is -0.425. The summed E-state index contributed by atoms with van der Waals surface area (Å²) in [4.78, 5) is 0. The van der Waals surface area contributed by atoms with Crippen LogP contribution in [0.4, 0.5) is 0 Å². The molecule has 0 aliphatic carbocycles. The van der Waals surface area contributed by atoms with Gasteiger partial charge in [-0.1, -0.05) is 0 Å². The average Bonchev–Trinajstić information content (AvgIpc) is 2.64. The lowest BCUT2D eigenvalue weighted by Gasteiger charge is -2.36. The molecule has 2 saturated heterocycles. The zero-order chi connectivity index (χ0) is 11.6. The first-order valence-corrected chi connectivity index (χ1v) is 6.14. The van der Waals surface area contributed by atoms with Gasteiger partial charge in [0.05, 0.1) is 24.9 Å². The van der Waals surface area contributed by atoms with Crippen LogP contribution in [0.3, 0.4) is 0 Å². The Morgan fingerprint density at radius 2 is 1.81 bits per heavy atom. The summed E-state index contributed by atoms with van der Waals surface area (Å²) in [6.07, 6.45) is 2.31. The van der Waals surface area contributed by atoms with Crippen LogP contribution in [0.1, 0.15) is 33.6 Å². The Kier molecular flexibility index (Phi) is 3.54. The standard InChI is InChI=1S/C12H23NO3/c1-11(2)15-7-10(8-16-11)13-9-12(3)5-4-6-14-12/h10,13H,4-9H2,1-3H3. The van der Waals surface area contributed by atoms with Crippen LogP contribution in [0.25, 0.3) is 0 Å². The van der Waals surface area contributed by atoms with Gasteiger partial charge in [-0.25, -0.2) is 0 Å².